The number of methoxy groups -OCH3 is 2. The lowest BCUT2D eigenvalue weighted by Crippen LogP contribution is -2.35. The van der Waals surface area contributed by atoms with Crippen LogP contribution in [0, 0.1) is 12.8 Å². The third-order valence-electron chi connectivity index (χ3n) is 7.74. The lowest BCUT2D eigenvalue weighted by Gasteiger charge is -2.25. The predicted molar refractivity (Wildman–Crippen MR) is 161 cm³/mol. The first-order valence-corrected chi connectivity index (χ1v) is 14.9. The summed E-state index contributed by atoms with van der Waals surface area (Å²) >= 11 is 1.58. The molecule has 11 nitrogen and oxygen atoms in total. The molecular formula is C30H36N6O5S. The van der Waals surface area contributed by atoms with Gasteiger partial charge in [-0.2, -0.15) is 4.98 Å². The molecule has 3 N–H and O–H groups in total. The molecule has 1 aliphatic carbocycles. The van der Waals surface area contributed by atoms with Gasteiger partial charge in [-0.25, -0.2) is 9.97 Å². The Bertz CT molecular complexity index is 1520. The minimum absolute atomic E-state index is 0.0289. The number of aryl methyl sites for hydroxylation is 1. The monoisotopic (exact) mass is 592 g/mol. The second-order valence-electron chi connectivity index (χ2n) is 11.1. The number of nitrogens with zero attached hydrogens (tertiary/aromatic N) is 4. The molecule has 1 saturated carbocycles. The minimum Gasteiger partial charge on any atom is -0.497 e. The van der Waals surface area contributed by atoms with Gasteiger partial charge >= 0.3 is 0 Å². The van der Waals surface area contributed by atoms with Gasteiger partial charge in [-0.1, -0.05) is 0 Å². The molecule has 1 saturated heterocycles. The maximum absolute atomic E-state index is 10.1. The molecule has 1 aliphatic heterocycles. The normalized spacial score (nSPS) is 22.7. The highest BCUT2D eigenvalue weighted by atomic mass is 32.1. The zero-order valence-corrected chi connectivity index (χ0v) is 25.2. The molecule has 0 radical (unpaired) electrons. The average molecular weight is 593 g/mol. The Morgan fingerprint density at radius 2 is 1.83 bits per heavy atom. The Morgan fingerprint density at radius 1 is 1.07 bits per heavy atom. The second kappa shape index (κ2) is 11.6. The number of hydrogen-bond donors (Lipinski definition) is 3. The number of hydrogen-bond acceptors (Lipinski definition) is 12. The molecule has 0 bridgehead atoms. The van der Waals surface area contributed by atoms with Crippen molar-refractivity contribution in [3.05, 3.63) is 47.9 Å². The molecular weight excluding hydrogens is 556 g/mol. The highest BCUT2D eigenvalue weighted by Gasteiger charge is 2.54. The third-order valence-corrected chi connectivity index (χ3v) is 8.79. The van der Waals surface area contributed by atoms with Gasteiger partial charge in [-0.15, -0.1) is 11.3 Å². The quantitative estimate of drug-likeness (QED) is 0.241. The molecule has 12 heteroatoms. The van der Waals surface area contributed by atoms with Crippen LogP contribution in [0.2, 0.25) is 0 Å². The molecule has 0 amide bonds. The Labute approximate surface area is 248 Å². The van der Waals surface area contributed by atoms with Gasteiger partial charge in [0.15, 0.2) is 5.79 Å². The van der Waals surface area contributed by atoms with E-state index in [1.165, 1.54) is 0 Å². The van der Waals surface area contributed by atoms with Crippen molar-refractivity contribution < 1.29 is 24.1 Å². The van der Waals surface area contributed by atoms with Gasteiger partial charge in [0.2, 0.25) is 5.95 Å². The van der Waals surface area contributed by atoms with E-state index in [4.69, 9.17) is 33.9 Å². The van der Waals surface area contributed by atoms with E-state index in [0.717, 1.165) is 50.0 Å². The molecule has 0 spiro atoms. The van der Waals surface area contributed by atoms with Crippen molar-refractivity contribution in [2.45, 2.75) is 57.6 Å². The summed E-state index contributed by atoms with van der Waals surface area (Å²) in [5, 5.41) is 18.0. The first-order chi connectivity index (χ1) is 20.3. The Hall–Kier alpha value is -3.58. The maximum atomic E-state index is 10.1. The average Bonchev–Trinajstić information content (AvgIpc) is 3.63. The van der Waals surface area contributed by atoms with Gasteiger partial charge < -0.3 is 34.7 Å². The number of nitrogens with one attached hydrogen (secondary N) is 2. The van der Waals surface area contributed by atoms with E-state index in [1.54, 1.807) is 38.0 Å². The van der Waals surface area contributed by atoms with E-state index in [0.29, 0.717) is 24.7 Å². The first-order valence-electron chi connectivity index (χ1n) is 14.1. The molecule has 42 heavy (non-hydrogen) atoms. The van der Waals surface area contributed by atoms with E-state index in [9.17, 15) is 5.11 Å². The van der Waals surface area contributed by atoms with Crippen LogP contribution >= 0.6 is 11.3 Å². The Morgan fingerprint density at radius 3 is 2.55 bits per heavy atom. The van der Waals surface area contributed by atoms with Gasteiger partial charge in [-0.05, 0) is 57.4 Å². The van der Waals surface area contributed by atoms with Crippen LogP contribution in [0.1, 0.15) is 31.5 Å². The summed E-state index contributed by atoms with van der Waals surface area (Å²) in [4.78, 5) is 18.9. The molecule has 3 aromatic heterocycles. The van der Waals surface area contributed by atoms with Crippen LogP contribution in [0.4, 0.5) is 11.8 Å². The third kappa shape index (κ3) is 5.71. The summed E-state index contributed by atoms with van der Waals surface area (Å²) in [6, 6.07) is 7.69. The zero-order chi connectivity index (χ0) is 29.4. The van der Waals surface area contributed by atoms with Crippen molar-refractivity contribution >= 4 is 33.3 Å². The van der Waals surface area contributed by atoms with E-state index in [2.05, 4.69) is 15.6 Å². The SMILES string of the molecule is COc1cc(CCNc2nc(C)c(-c3nc4cnccc4s3)c(N[C@@H]3C[C@H](CO)[C@H]4OC(C)(C)O[C@H]43)n2)cc(OC)c1. The van der Waals surface area contributed by atoms with Crippen LogP contribution in [0.25, 0.3) is 20.8 Å². The molecule has 4 heterocycles. The lowest BCUT2D eigenvalue weighted by molar-refractivity contribution is -0.158. The van der Waals surface area contributed by atoms with Gasteiger partial charge in [0.25, 0.3) is 0 Å². The minimum atomic E-state index is -0.719. The van der Waals surface area contributed by atoms with E-state index >= 15 is 0 Å². The number of benzene rings is 1. The van der Waals surface area contributed by atoms with Crippen molar-refractivity contribution in [3.63, 3.8) is 0 Å². The lowest BCUT2D eigenvalue weighted by atomic mass is 10.1. The van der Waals surface area contributed by atoms with Crippen molar-refractivity contribution in [1.29, 1.82) is 0 Å². The zero-order valence-electron chi connectivity index (χ0n) is 24.4. The standard InChI is InChI=1S/C30H36N6O5S/c1-16-24(28-35-22-14-31-8-7-23(22)42-28)27(34-21-12-18(15-37)25-26(21)41-30(2,3)40-25)36-29(33-16)32-9-6-17-10-19(38-4)13-20(11-17)39-5/h7-8,10-11,13-14,18,21,25-26,37H,6,9,12,15H2,1-5H3,(H2,32,33,34,36)/t18-,21-,25-,26+/m1/s1. The van der Waals surface area contributed by atoms with Crippen LogP contribution in [-0.2, 0) is 15.9 Å². The van der Waals surface area contributed by atoms with E-state index in [1.807, 2.05) is 45.0 Å². The number of thiazole rings is 1. The first kappa shape index (κ1) is 28.5. The molecule has 4 aromatic rings. The number of aromatic nitrogens is 4. The van der Waals surface area contributed by atoms with Crippen molar-refractivity contribution in [1.82, 2.24) is 19.9 Å². The van der Waals surface area contributed by atoms with Gasteiger partial charge in [0.05, 0.1) is 48.5 Å². The predicted octanol–water partition coefficient (Wildman–Crippen LogP) is 4.44. The molecule has 2 fully saturated rings. The molecule has 222 valence electrons. The van der Waals surface area contributed by atoms with Crippen molar-refractivity contribution in [2.24, 2.45) is 5.92 Å². The molecule has 6 rings (SSSR count). The smallest absolute Gasteiger partial charge is 0.224 e. The maximum Gasteiger partial charge on any atom is 0.224 e. The van der Waals surface area contributed by atoms with Crippen LogP contribution < -0.4 is 20.1 Å². The topological polar surface area (TPSA) is 133 Å². The number of ether oxygens (including phenoxy) is 4. The molecule has 2 aliphatic rings. The van der Waals surface area contributed by atoms with Crippen LogP contribution in [0.5, 0.6) is 11.5 Å². The summed E-state index contributed by atoms with van der Waals surface area (Å²) in [5.74, 6) is 1.91. The van der Waals surface area contributed by atoms with Crippen molar-refractivity contribution in [2.75, 3.05) is 38.0 Å². The van der Waals surface area contributed by atoms with Crippen LogP contribution in [0.15, 0.2) is 36.7 Å². The Kier molecular flexibility index (Phi) is 7.88. The highest BCUT2D eigenvalue weighted by molar-refractivity contribution is 7.21. The van der Waals surface area contributed by atoms with E-state index in [-0.39, 0.29) is 30.8 Å². The fourth-order valence-electron chi connectivity index (χ4n) is 5.81. The Balaban J connectivity index is 1.30. The van der Waals surface area contributed by atoms with Crippen LogP contribution in [0.3, 0.4) is 0 Å². The number of anilines is 2. The summed E-state index contributed by atoms with van der Waals surface area (Å²) in [6.45, 7) is 6.42. The number of fused-ring (bicyclic) bond motifs is 2. The van der Waals surface area contributed by atoms with Crippen molar-refractivity contribution in [3.8, 4) is 22.1 Å². The highest BCUT2D eigenvalue weighted by Crippen LogP contribution is 2.44. The number of aliphatic hydroxyl groups is 1. The molecule has 0 unspecified atom stereocenters. The van der Waals surface area contributed by atoms with E-state index < -0.39 is 5.79 Å². The number of rotatable bonds is 10. The molecule has 4 atom stereocenters. The van der Waals surface area contributed by atoms with Gasteiger partial charge in [0.1, 0.15) is 33.9 Å². The number of aliphatic hydroxyl groups excluding tert-OH is 1. The van der Waals surface area contributed by atoms with Gasteiger partial charge in [-0.3, -0.25) is 4.98 Å². The summed E-state index contributed by atoms with van der Waals surface area (Å²) < 4.78 is 24.3. The summed E-state index contributed by atoms with van der Waals surface area (Å²) in [6.07, 6.45) is 4.52. The van der Waals surface area contributed by atoms with Gasteiger partial charge in [0, 0.05) is 31.3 Å². The fraction of sp³-hybridized carbons (Fsp3) is 0.467. The largest absolute Gasteiger partial charge is 0.497 e. The number of pyridine rings is 1. The van der Waals surface area contributed by atoms with Crippen LogP contribution in [-0.4, -0.2) is 76.5 Å². The fourth-order valence-corrected chi connectivity index (χ4v) is 6.84. The molecule has 1 aromatic carbocycles. The summed E-state index contributed by atoms with van der Waals surface area (Å²) in [7, 11) is 3.29. The summed E-state index contributed by atoms with van der Waals surface area (Å²) in [5.41, 5.74) is 3.53. The second-order valence-corrected chi connectivity index (χ2v) is 12.1.